The molecule has 0 aliphatic heterocycles. The third-order valence-electron chi connectivity index (χ3n) is 4.14. The molecular formula is C21H19N5O2S. The van der Waals surface area contributed by atoms with E-state index in [1.54, 1.807) is 35.0 Å². The van der Waals surface area contributed by atoms with E-state index >= 15 is 0 Å². The fraction of sp³-hybridized carbons (Fsp3) is 0.143. The van der Waals surface area contributed by atoms with Gasteiger partial charge in [-0.25, -0.2) is 14.6 Å². The van der Waals surface area contributed by atoms with Crippen LogP contribution in [0.25, 0.3) is 5.82 Å². The van der Waals surface area contributed by atoms with Crippen molar-refractivity contribution < 1.29 is 9.53 Å². The third kappa shape index (κ3) is 4.33. The maximum Gasteiger partial charge on any atom is 0.265 e. The number of anilines is 1. The van der Waals surface area contributed by atoms with E-state index in [1.807, 2.05) is 38.3 Å². The summed E-state index contributed by atoms with van der Waals surface area (Å²) in [5.41, 5.74) is 3.67. The van der Waals surface area contributed by atoms with Gasteiger partial charge in [0.25, 0.3) is 5.91 Å². The number of aryl methyl sites for hydroxylation is 3. The molecule has 3 aromatic heterocycles. The Balaban J connectivity index is 1.46. The number of nitrogens with one attached hydrogen (secondary N) is 1. The summed E-state index contributed by atoms with van der Waals surface area (Å²) in [4.78, 5) is 21.4. The quantitative estimate of drug-likeness (QED) is 0.521. The van der Waals surface area contributed by atoms with Gasteiger partial charge in [-0.2, -0.15) is 5.10 Å². The highest BCUT2D eigenvalue weighted by Gasteiger charge is 2.10. The van der Waals surface area contributed by atoms with Gasteiger partial charge in [0, 0.05) is 17.4 Å². The van der Waals surface area contributed by atoms with Crippen molar-refractivity contribution in [1.29, 1.82) is 0 Å². The first-order valence-electron chi connectivity index (χ1n) is 8.98. The average Bonchev–Trinajstić information content (AvgIpc) is 3.28. The lowest BCUT2D eigenvalue weighted by molar-refractivity contribution is 0.103. The molecule has 0 saturated heterocycles. The minimum Gasteiger partial charge on any atom is -0.439 e. The number of carbonyl (C=O) groups excluding carboxylic acids is 1. The van der Waals surface area contributed by atoms with Gasteiger partial charge < -0.3 is 10.1 Å². The SMILES string of the molecule is Cc1csc(C(=O)Nc2ccc(Oc3cc(-n4nc(C)cc4C)ncn3)cc2)c1. The number of carbonyl (C=O) groups is 1. The van der Waals surface area contributed by atoms with Crippen LogP contribution in [0.4, 0.5) is 5.69 Å². The molecule has 7 nitrogen and oxygen atoms in total. The zero-order chi connectivity index (χ0) is 20.4. The average molecular weight is 405 g/mol. The molecule has 29 heavy (non-hydrogen) atoms. The molecule has 4 aromatic rings. The zero-order valence-corrected chi connectivity index (χ0v) is 17.0. The fourth-order valence-electron chi connectivity index (χ4n) is 2.83. The van der Waals surface area contributed by atoms with E-state index < -0.39 is 0 Å². The van der Waals surface area contributed by atoms with E-state index in [0.717, 1.165) is 17.0 Å². The number of nitrogens with zero attached hydrogens (tertiary/aromatic N) is 4. The number of aromatic nitrogens is 4. The Kier molecular flexibility index (Phi) is 5.09. The van der Waals surface area contributed by atoms with E-state index in [4.69, 9.17) is 4.74 Å². The first kappa shape index (κ1) is 18.8. The number of ether oxygens (including phenoxy) is 1. The normalized spacial score (nSPS) is 10.7. The molecule has 0 spiro atoms. The Labute approximate surface area is 172 Å². The molecule has 3 heterocycles. The fourth-order valence-corrected chi connectivity index (χ4v) is 3.63. The lowest BCUT2D eigenvalue weighted by Crippen LogP contribution is -2.09. The number of hydrogen-bond acceptors (Lipinski definition) is 6. The smallest absolute Gasteiger partial charge is 0.265 e. The van der Waals surface area contributed by atoms with Crippen LogP contribution in [-0.2, 0) is 0 Å². The highest BCUT2D eigenvalue weighted by Crippen LogP contribution is 2.23. The van der Waals surface area contributed by atoms with Crippen molar-refractivity contribution in [2.45, 2.75) is 20.8 Å². The van der Waals surface area contributed by atoms with Crippen molar-refractivity contribution in [3.8, 4) is 17.4 Å². The Bertz CT molecular complexity index is 1160. The minimum absolute atomic E-state index is 0.123. The number of benzene rings is 1. The largest absolute Gasteiger partial charge is 0.439 e. The van der Waals surface area contributed by atoms with Gasteiger partial charge >= 0.3 is 0 Å². The lowest BCUT2D eigenvalue weighted by Gasteiger charge is -2.08. The van der Waals surface area contributed by atoms with Crippen LogP contribution < -0.4 is 10.1 Å². The first-order chi connectivity index (χ1) is 14.0. The summed E-state index contributed by atoms with van der Waals surface area (Å²) in [5.74, 6) is 1.53. The summed E-state index contributed by atoms with van der Waals surface area (Å²) in [6, 6.07) is 12.7. The van der Waals surface area contributed by atoms with Crippen LogP contribution in [0.15, 0.2) is 54.2 Å². The van der Waals surface area contributed by atoms with Crippen LogP contribution in [0.5, 0.6) is 11.6 Å². The summed E-state index contributed by atoms with van der Waals surface area (Å²) in [5, 5.41) is 9.26. The Hall–Kier alpha value is -3.52. The third-order valence-corrected chi connectivity index (χ3v) is 5.19. The second-order valence-electron chi connectivity index (χ2n) is 6.62. The number of thiophene rings is 1. The highest BCUT2D eigenvalue weighted by atomic mass is 32.1. The standard InChI is InChI=1S/C21H19N5O2S/c1-13-8-18(29-11-13)21(27)24-16-4-6-17(7-5-16)28-20-10-19(22-12-23-20)26-15(3)9-14(2)25-26/h4-12H,1-3H3,(H,24,27). The van der Waals surface area contributed by atoms with Crippen LogP contribution in [-0.4, -0.2) is 25.7 Å². The van der Waals surface area contributed by atoms with Crippen LogP contribution in [0.1, 0.15) is 26.6 Å². The first-order valence-corrected chi connectivity index (χ1v) is 9.86. The van der Waals surface area contributed by atoms with Gasteiger partial charge in [-0.1, -0.05) is 0 Å². The Morgan fingerprint density at radius 2 is 1.86 bits per heavy atom. The zero-order valence-electron chi connectivity index (χ0n) is 16.2. The second kappa shape index (κ2) is 7.84. The van der Waals surface area contributed by atoms with Gasteiger partial charge in [0.15, 0.2) is 5.82 Å². The molecular weight excluding hydrogens is 386 g/mol. The van der Waals surface area contributed by atoms with Crippen LogP contribution in [0, 0.1) is 20.8 Å². The van der Waals surface area contributed by atoms with E-state index in [0.29, 0.717) is 28.0 Å². The predicted molar refractivity (Wildman–Crippen MR) is 112 cm³/mol. The van der Waals surface area contributed by atoms with Crippen molar-refractivity contribution in [1.82, 2.24) is 19.7 Å². The van der Waals surface area contributed by atoms with Gasteiger partial charge in [0.1, 0.15) is 12.1 Å². The summed E-state index contributed by atoms with van der Waals surface area (Å²) >= 11 is 1.43. The van der Waals surface area contributed by atoms with Crippen molar-refractivity contribution in [3.05, 3.63) is 76.0 Å². The van der Waals surface area contributed by atoms with Crippen LogP contribution in [0.3, 0.4) is 0 Å². The van der Waals surface area contributed by atoms with Crippen molar-refractivity contribution >= 4 is 22.9 Å². The number of rotatable bonds is 5. The molecule has 0 atom stereocenters. The molecule has 0 fully saturated rings. The van der Waals surface area contributed by atoms with Gasteiger partial charge in [-0.15, -0.1) is 11.3 Å². The summed E-state index contributed by atoms with van der Waals surface area (Å²) in [6.45, 7) is 5.86. The maximum absolute atomic E-state index is 12.2. The second-order valence-corrected chi connectivity index (χ2v) is 7.53. The molecule has 0 radical (unpaired) electrons. The van der Waals surface area contributed by atoms with Gasteiger partial charge in [0.2, 0.25) is 5.88 Å². The molecule has 1 N–H and O–H groups in total. The topological polar surface area (TPSA) is 81.9 Å². The molecule has 0 saturated carbocycles. The van der Waals surface area contributed by atoms with Crippen LogP contribution in [0.2, 0.25) is 0 Å². The lowest BCUT2D eigenvalue weighted by atomic mass is 10.3. The Morgan fingerprint density at radius 1 is 1.07 bits per heavy atom. The van der Waals surface area contributed by atoms with Gasteiger partial charge in [0.05, 0.1) is 10.6 Å². The molecule has 0 aliphatic rings. The van der Waals surface area contributed by atoms with Crippen molar-refractivity contribution in [2.24, 2.45) is 0 Å². The highest BCUT2D eigenvalue weighted by molar-refractivity contribution is 7.12. The molecule has 4 rings (SSSR count). The number of amides is 1. The van der Waals surface area contributed by atoms with Crippen LogP contribution >= 0.6 is 11.3 Å². The molecule has 0 unspecified atom stereocenters. The van der Waals surface area contributed by atoms with E-state index in [2.05, 4.69) is 20.4 Å². The van der Waals surface area contributed by atoms with Gasteiger partial charge in [-0.05, 0) is 68.1 Å². The van der Waals surface area contributed by atoms with Gasteiger partial charge in [-0.3, -0.25) is 4.79 Å². The van der Waals surface area contributed by atoms with E-state index in [1.165, 1.54) is 17.7 Å². The van der Waals surface area contributed by atoms with E-state index in [-0.39, 0.29) is 5.91 Å². The Morgan fingerprint density at radius 3 is 2.52 bits per heavy atom. The molecule has 146 valence electrons. The molecule has 0 bridgehead atoms. The molecule has 1 amide bonds. The number of hydrogen-bond donors (Lipinski definition) is 1. The minimum atomic E-state index is -0.123. The predicted octanol–water partition coefficient (Wildman–Crippen LogP) is 4.69. The molecule has 1 aromatic carbocycles. The molecule has 0 aliphatic carbocycles. The molecule has 8 heteroatoms. The summed E-state index contributed by atoms with van der Waals surface area (Å²) in [7, 11) is 0. The maximum atomic E-state index is 12.2. The summed E-state index contributed by atoms with van der Waals surface area (Å²) < 4.78 is 7.58. The van der Waals surface area contributed by atoms with Crippen molar-refractivity contribution in [3.63, 3.8) is 0 Å². The monoisotopic (exact) mass is 405 g/mol. The van der Waals surface area contributed by atoms with Crippen molar-refractivity contribution in [2.75, 3.05) is 5.32 Å². The summed E-state index contributed by atoms with van der Waals surface area (Å²) in [6.07, 6.45) is 1.44. The van der Waals surface area contributed by atoms with E-state index in [9.17, 15) is 4.79 Å².